The summed E-state index contributed by atoms with van der Waals surface area (Å²) in [6, 6.07) is 64.1. The molecule has 44 heavy (non-hydrogen) atoms. The van der Waals surface area contributed by atoms with Crippen LogP contribution in [0.3, 0.4) is 0 Å². The lowest BCUT2D eigenvalue weighted by Crippen LogP contribution is -2.06. The summed E-state index contributed by atoms with van der Waals surface area (Å²) in [7, 11) is -1.80. The van der Waals surface area contributed by atoms with E-state index in [2.05, 4.69) is 170 Å². The quantitative estimate of drug-likeness (QED) is 0.185. The van der Waals surface area contributed by atoms with Gasteiger partial charge in [0.2, 0.25) is 0 Å². The average molecular weight is 600 g/mol. The van der Waals surface area contributed by atoms with E-state index in [0.29, 0.717) is 0 Å². The third kappa shape index (κ3) is 4.44. The van der Waals surface area contributed by atoms with Crippen LogP contribution >= 0.6 is 21.4 Å². The molecule has 0 amide bonds. The average Bonchev–Trinajstić information content (AvgIpc) is 3.55. The molecule has 0 aliphatic rings. The molecule has 0 spiro atoms. The Morgan fingerprint density at radius 2 is 0.909 bits per heavy atom. The van der Waals surface area contributed by atoms with Crippen LogP contribution < -0.4 is 0 Å². The zero-order valence-corrected chi connectivity index (χ0v) is 25.6. The Morgan fingerprint density at radius 3 is 1.50 bits per heavy atom. The van der Waals surface area contributed by atoms with Gasteiger partial charge in [-0.25, -0.2) is 4.98 Å². The highest BCUT2D eigenvalue weighted by molar-refractivity contribution is 8.34. The summed E-state index contributed by atoms with van der Waals surface area (Å²) in [4.78, 5) is 10.2. The van der Waals surface area contributed by atoms with Crippen LogP contribution in [-0.4, -0.2) is 4.98 Å². The Morgan fingerprint density at radius 1 is 0.409 bits per heavy atom. The van der Waals surface area contributed by atoms with Crippen LogP contribution in [0.25, 0.3) is 42.7 Å². The van der Waals surface area contributed by atoms with E-state index in [1.807, 2.05) is 6.07 Å². The lowest BCUT2D eigenvalue weighted by molar-refractivity contribution is 1.26. The zero-order valence-electron chi connectivity index (χ0n) is 24.0. The second kappa shape index (κ2) is 11.3. The summed E-state index contributed by atoms with van der Waals surface area (Å²) in [5.74, 6) is 0. The fourth-order valence-corrected chi connectivity index (χ4v) is 11.3. The Kier molecular flexibility index (Phi) is 6.83. The van der Waals surface area contributed by atoms with Gasteiger partial charge in [0, 0.05) is 25.1 Å². The monoisotopic (exact) mass is 599 g/mol. The molecule has 3 heteroatoms. The van der Waals surface area contributed by atoms with E-state index >= 15 is 0 Å². The number of nitrogens with zero attached hydrogens (tertiary/aromatic N) is 1. The van der Waals surface area contributed by atoms with Gasteiger partial charge in [0.15, 0.2) is 0 Å². The maximum Gasteiger partial charge on any atom is 0.124 e. The first-order chi connectivity index (χ1) is 21.8. The van der Waals surface area contributed by atoms with Crippen molar-refractivity contribution < 1.29 is 0 Å². The maximum absolute atomic E-state index is 4.88. The molecule has 0 aliphatic carbocycles. The van der Waals surface area contributed by atoms with Crippen LogP contribution in [0, 0.1) is 0 Å². The van der Waals surface area contributed by atoms with Crippen LogP contribution in [0.1, 0.15) is 0 Å². The van der Waals surface area contributed by atoms with E-state index in [9.17, 15) is 0 Å². The van der Waals surface area contributed by atoms with Crippen molar-refractivity contribution in [2.45, 2.75) is 19.6 Å². The summed E-state index contributed by atoms with van der Waals surface area (Å²) < 4.78 is 1.22. The summed E-state index contributed by atoms with van der Waals surface area (Å²) >= 11 is 1.74. The van der Waals surface area contributed by atoms with Crippen molar-refractivity contribution in [2.75, 3.05) is 0 Å². The topological polar surface area (TPSA) is 12.9 Å². The molecular formula is C41H29NS2. The molecule has 210 valence electrons. The second-order valence-electron chi connectivity index (χ2n) is 10.8. The standard InChI is InChI=1S/C41H29NS2/c1-4-14-32(15-5-1)44(33-16-6-2-7-17-33,34-18-8-3-9-19-34)40-29-28-35(36-20-10-11-21-37(36)40)30-24-26-31(27-25-30)41-42-38-22-12-13-23-39(38)43-41/h1-29H. The lowest BCUT2D eigenvalue weighted by Gasteiger charge is -2.43. The number of para-hydroxylation sites is 1. The lowest BCUT2D eigenvalue weighted by atomic mass is 9.97. The molecular weight excluding hydrogens is 571 g/mol. The smallest absolute Gasteiger partial charge is 0.124 e. The Hall–Kier alpha value is -4.96. The third-order valence-electron chi connectivity index (χ3n) is 8.24. The molecule has 8 rings (SSSR count). The molecule has 0 unspecified atom stereocenters. The summed E-state index contributed by atoms with van der Waals surface area (Å²) in [5, 5.41) is 3.60. The highest BCUT2D eigenvalue weighted by atomic mass is 32.3. The van der Waals surface area contributed by atoms with Gasteiger partial charge < -0.3 is 0 Å². The highest BCUT2D eigenvalue weighted by Gasteiger charge is 2.34. The Balaban J connectivity index is 1.34. The molecule has 0 saturated carbocycles. The number of hydrogen-bond acceptors (Lipinski definition) is 2. The molecule has 1 heterocycles. The fraction of sp³-hybridized carbons (Fsp3) is 0. The van der Waals surface area contributed by atoms with Gasteiger partial charge in [-0.15, -0.1) is 21.4 Å². The van der Waals surface area contributed by atoms with Crippen LogP contribution in [0.5, 0.6) is 0 Å². The Labute approximate surface area is 263 Å². The van der Waals surface area contributed by atoms with E-state index in [-0.39, 0.29) is 0 Å². The number of fused-ring (bicyclic) bond motifs is 2. The number of benzene rings is 7. The molecule has 1 nitrogen and oxygen atoms in total. The molecule has 0 atom stereocenters. The molecule has 0 saturated heterocycles. The third-order valence-corrected chi connectivity index (χ3v) is 13.3. The van der Waals surface area contributed by atoms with Crippen molar-refractivity contribution in [3.8, 4) is 21.7 Å². The Bertz CT molecular complexity index is 2070. The van der Waals surface area contributed by atoms with Gasteiger partial charge in [-0.3, -0.25) is 0 Å². The minimum atomic E-state index is -1.80. The second-order valence-corrected chi connectivity index (χ2v) is 14.9. The number of rotatable bonds is 6. The van der Waals surface area contributed by atoms with E-state index in [4.69, 9.17) is 4.98 Å². The van der Waals surface area contributed by atoms with E-state index < -0.39 is 10.0 Å². The van der Waals surface area contributed by atoms with Crippen LogP contribution in [-0.2, 0) is 0 Å². The van der Waals surface area contributed by atoms with E-state index in [1.54, 1.807) is 11.3 Å². The van der Waals surface area contributed by atoms with Crippen LogP contribution in [0.15, 0.2) is 196 Å². The van der Waals surface area contributed by atoms with Crippen LogP contribution in [0.4, 0.5) is 0 Å². The first kappa shape index (κ1) is 26.7. The normalized spacial score (nSPS) is 12.0. The van der Waals surface area contributed by atoms with Crippen LogP contribution in [0.2, 0.25) is 0 Å². The zero-order chi connectivity index (χ0) is 29.3. The van der Waals surface area contributed by atoms with Crippen molar-refractivity contribution in [3.05, 3.63) is 176 Å². The van der Waals surface area contributed by atoms with Crippen molar-refractivity contribution >= 4 is 42.4 Å². The van der Waals surface area contributed by atoms with Crippen molar-refractivity contribution in [1.82, 2.24) is 4.98 Å². The molecule has 0 fully saturated rings. The summed E-state index contributed by atoms with van der Waals surface area (Å²) in [6.45, 7) is 0. The number of aromatic nitrogens is 1. The van der Waals surface area contributed by atoms with Crippen molar-refractivity contribution in [2.24, 2.45) is 0 Å². The number of hydrogen-bond donors (Lipinski definition) is 0. The van der Waals surface area contributed by atoms with Gasteiger partial charge in [0.1, 0.15) is 5.01 Å². The van der Waals surface area contributed by atoms with Crippen molar-refractivity contribution in [3.63, 3.8) is 0 Å². The first-order valence-corrected chi connectivity index (χ1v) is 17.2. The van der Waals surface area contributed by atoms with Gasteiger partial charge >= 0.3 is 0 Å². The minimum absolute atomic E-state index is 1.05. The molecule has 1 aromatic heterocycles. The predicted octanol–water partition coefficient (Wildman–Crippen LogP) is 12.1. The van der Waals surface area contributed by atoms with Gasteiger partial charge in [-0.1, -0.05) is 121 Å². The first-order valence-electron chi connectivity index (χ1n) is 14.8. The van der Waals surface area contributed by atoms with Crippen molar-refractivity contribution in [1.29, 1.82) is 0 Å². The minimum Gasteiger partial charge on any atom is -0.236 e. The molecule has 8 aromatic rings. The van der Waals surface area contributed by atoms with Gasteiger partial charge in [0.25, 0.3) is 0 Å². The summed E-state index contributed by atoms with van der Waals surface area (Å²) in [6.07, 6.45) is 0. The highest BCUT2D eigenvalue weighted by Crippen LogP contribution is 2.74. The van der Waals surface area contributed by atoms with Gasteiger partial charge in [-0.2, -0.15) is 0 Å². The molecule has 0 N–H and O–H groups in total. The fourth-order valence-electron chi connectivity index (χ4n) is 6.24. The van der Waals surface area contributed by atoms with E-state index in [1.165, 1.54) is 46.2 Å². The molecule has 0 bridgehead atoms. The SMILES string of the molecule is c1ccc(S(c2ccccc2)(c2ccccc2)c2ccc(-c3ccc(-c4nc5ccccc5s4)cc3)c3ccccc23)cc1. The van der Waals surface area contributed by atoms with Gasteiger partial charge in [-0.05, 0) is 76.5 Å². The summed E-state index contributed by atoms with van der Waals surface area (Å²) in [5.41, 5.74) is 4.65. The number of thiazole rings is 1. The molecule has 7 aromatic carbocycles. The largest absolute Gasteiger partial charge is 0.236 e. The van der Waals surface area contributed by atoms with E-state index in [0.717, 1.165) is 16.1 Å². The molecule has 0 aliphatic heterocycles. The maximum atomic E-state index is 4.88. The van der Waals surface area contributed by atoms with Gasteiger partial charge in [0.05, 0.1) is 10.2 Å². The predicted molar refractivity (Wildman–Crippen MR) is 188 cm³/mol. The molecule has 0 radical (unpaired) electrons.